The Kier molecular flexibility index (Phi) is 3.58. The Labute approximate surface area is 97.7 Å². The first-order valence-corrected chi connectivity index (χ1v) is 9.89. The van der Waals surface area contributed by atoms with Crippen LogP contribution in [0.4, 0.5) is 0 Å². The maximum atomic E-state index is 11.1. The van der Waals surface area contributed by atoms with Crippen LogP contribution in [0.3, 0.4) is 0 Å². The summed E-state index contributed by atoms with van der Waals surface area (Å²) in [5, 5.41) is 5.04. The summed E-state index contributed by atoms with van der Waals surface area (Å²) in [7, 11) is -5.08. The summed E-state index contributed by atoms with van der Waals surface area (Å²) in [6, 6.07) is 6.40. The van der Waals surface area contributed by atoms with Gasteiger partial charge in [0.15, 0.2) is 0 Å². The molecule has 2 N–H and O–H groups in total. The zero-order valence-corrected chi connectivity index (χ0v) is 11.4. The molecule has 3 nitrogen and oxygen atoms in total. The summed E-state index contributed by atoms with van der Waals surface area (Å²) < 4.78 is 22.2. The molecule has 5 heteroatoms. The van der Waals surface area contributed by atoms with Crippen LogP contribution in [0.5, 0.6) is 0 Å². The molecule has 0 bridgehead atoms. The predicted octanol–water partition coefficient (Wildman–Crippen LogP) is 1.56. The fourth-order valence-electron chi connectivity index (χ4n) is 1.01. The van der Waals surface area contributed by atoms with E-state index in [-0.39, 0.29) is 4.90 Å². The molecule has 0 unspecified atom stereocenters. The fourth-order valence-corrected chi connectivity index (χ4v) is 2.09. The zero-order valence-electron chi connectivity index (χ0n) is 9.61. The van der Waals surface area contributed by atoms with Gasteiger partial charge in [0.2, 0.25) is 10.0 Å². The summed E-state index contributed by atoms with van der Waals surface area (Å²) in [5.41, 5.74) is 3.86. The van der Waals surface area contributed by atoms with Gasteiger partial charge in [-0.3, -0.25) is 0 Å². The van der Waals surface area contributed by atoms with Gasteiger partial charge in [0, 0.05) is 5.56 Å². The molecular formula is C11H15NO2SSi. The molecule has 86 valence electrons. The van der Waals surface area contributed by atoms with Crippen molar-refractivity contribution in [1.82, 2.24) is 0 Å². The first kappa shape index (κ1) is 13.0. The summed E-state index contributed by atoms with van der Waals surface area (Å²) in [6.07, 6.45) is 0. The van der Waals surface area contributed by atoms with E-state index in [1.807, 2.05) is 0 Å². The highest BCUT2D eigenvalue weighted by atomic mass is 32.2. The van der Waals surface area contributed by atoms with Crippen molar-refractivity contribution in [3.63, 3.8) is 0 Å². The van der Waals surface area contributed by atoms with Crippen LogP contribution in [-0.4, -0.2) is 16.5 Å². The molecule has 0 aromatic heterocycles. The minimum absolute atomic E-state index is 0.106. The Balaban J connectivity index is 3.14. The third-order valence-electron chi connectivity index (χ3n) is 1.74. The van der Waals surface area contributed by atoms with Crippen molar-refractivity contribution in [3.8, 4) is 11.5 Å². The third-order valence-corrected chi connectivity index (χ3v) is 3.53. The quantitative estimate of drug-likeness (QED) is 0.610. The second kappa shape index (κ2) is 4.42. The molecule has 0 fully saturated rings. The molecular weight excluding hydrogens is 238 g/mol. The summed E-state index contributed by atoms with van der Waals surface area (Å²) in [6.45, 7) is 6.39. The lowest BCUT2D eigenvalue weighted by atomic mass is 10.2. The first-order chi connectivity index (χ1) is 7.18. The van der Waals surface area contributed by atoms with Crippen LogP contribution < -0.4 is 5.14 Å². The van der Waals surface area contributed by atoms with Crippen molar-refractivity contribution < 1.29 is 8.42 Å². The minimum atomic E-state index is -3.64. The molecule has 16 heavy (non-hydrogen) atoms. The van der Waals surface area contributed by atoms with Crippen LogP contribution in [0.2, 0.25) is 19.6 Å². The summed E-state index contributed by atoms with van der Waals surface area (Å²) in [4.78, 5) is 0.106. The topological polar surface area (TPSA) is 60.2 Å². The van der Waals surface area contributed by atoms with Crippen molar-refractivity contribution in [2.45, 2.75) is 24.5 Å². The number of hydrogen-bond donors (Lipinski definition) is 1. The minimum Gasteiger partial charge on any atom is -0.225 e. The normalized spacial score (nSPS) is 11.8. The van der Waals surface area contributed by atoms with Gasteiger partial charge < -0.3 is 0 Å². The summed E-state index contributed by atoms with van der Waals surface area (Å²) in [5.74, 6) is 2.99. The molecule has 0 spiro atoms. The van der Waals surface area contributed by atoms with E-state index in [2.05, 4.69) is 31.1 Å². The number of hydrogen-bond acceptors (Lipinski definition) is 2. The first-order valence-electron chi connectivity index (χ1n) is 4.84. The molecule has 0 saturated heterocycles. The molecule has 0 aliphatic heterocycles. The number of primary sulfonamides is 1. The molecule has 1 aromatic carbocycles. The van der Waals surface area contributed by atoms with Crippen LogP contribution in [0.1, 0.15) is 5.56 Å². The van der Waals surface area contributed by atoms with Gasteiger partial charge in [-0.1, -0.05) is 31.6 Å². The van der Waals surface area contributed by atoms with Crippen molar-refractivity contribution in [1.29, 1.82) is 0 Å². The van der Waals surface area contributed by atoms with Gasteiger partial charge in [-0.15, -0.1) is 5.54 Å². The zero-order chi connectivity index (χ0) is 12.4. The Hall–Kier alpha value is -1.09. The van der Waals surface area contributed by atoms with E-state index in [1.165, 1.54) is 12.1 Å². The van der Waals surface area contributed by atoms with E-state index in [1.54, 1.807) is 12.1 Å². The van der Waals surface area contributed by atoms with Gasteiger partial charge in [0.05, 0.1) is 4.90 Å². The van der Waals surface area contributed by atoms with Gasteiger partial charge in [-0.2, -0.15) is 0 Å². The van der Waals surface area contributed by atoms with E-state index in [0.717, 1.165) is 0 Å². The van der Waals surface area contributed by atoms with Crippen LogP contribution >= 0.6 is 0 Å². The molecule has 0 amide bonds. The van der Waals surface area contributed by atoms with Gasteiger partial charge >= 0.3 is 0 Å². The fraction of sp³-hybridized carbons (Fsp3) is 0.273. The average molecular weight is 253 g/mol. The van der Waals surface area contributed by atoms with E-state index in [4.69, 9.17) is 5.14 Å². The second-order valence-electron chi connectivity index (χ2n) is 4.57. The highest BCUT2D eigenvalue weighted by molar-refractivity contribution is 7.89. The SMILES string of the molecule is C[Si](C)(C)C#Cc1cccc(S(N)(=O)=O)c1. The van der Waals surface area contributed by atoms with Gasteiger partial charge in [0.1, 0.15) is 8.07 Å². The Bertz CT molecular complexity index is 547. The largest absolute Gasteiger partial charge is 0.238 e. The monoisotopic (exact) mass is 253 g/mol. The number of rotatable bonds is 1. The lowest BCUT2D eigenvalue weighted by molar-refractivity contribution is 0.598. The molecule has 1 aromatic rings. The van der Waals surface area contributed by atoms with Crippen LogP contribution in [0.15, 0.2) is 29.2 Å². The predicted molar refractivity (Wildman–Crippen MR) is 68.0 cm³/mol. The molecule has 0 saturated carbocycles. The average Bonchev–Trinajstić information content (AvgIpc) is 2.13. The highest BCUT2D eigenvalue weighted by Crippen LogP contribution is 2.09. The Morgan fingerprint density at radius 1 is 1.25 bits per heavy atom. The van der Waals surface area contributed by atoms with E-state index < -0.39 is 18.1 Å². The van der Waals surface area contributed by atoms with Crippen LogP contribution in [0.25, 0.3) is 0 Å². The standard InChI is InChI=1S/C11H15NO2SSi/c1-16(2,3)8-7-10-5-4-6-11(9-10)15(12,13)14/h4-6,9H,1-3H3,(H2,12,13,14). The molecule has 0 radical (unpaired) electrons. The number of nitrogens with two attached hydrogens (primary N) is 1. The van der Waals surface area contributed by atoms with E-state index in [9.17, 15) is 8.42 Å². The van der Waals surface area contributed by atoms with Crippen LogP contribution in [-0.2, 0) is 10.0 Å². The van der Waals surface area contributed by atoms with Gasteiger partial charge in [-0.05, 0) is 18.2 Å². The maximum absolute atomic E-state index is 11.1. The van der Waals surface area contributed by atoms with Crippen molar-refractivity contribution >= 4 is 18.1 Å². The van der Waals surface area contributed by atoms with E-state index in [0.29, 0.717) is 5.56 Å². The number of benzene rings is 1. The maximum Gasteiger partial charge on any atom is 0.238 e. The molecule has 1 rings (SSSR count). The highest BCUT2D eigenvalue weighted by Gasteiger charge is 2.09. The van der Waals surface area contributed by atoms with Crippen molar-refractivity contribution in [2.24, 2.45) is 5.14 Å². The van der Waals surface area contributed by atoms with Crippen LogP contribution in [0, 0.1) is 11.5 Å². The third kappa shape index (κ3) is 4.19. The Morgan fingerprint density at radius 3 is 2.38 bits per heavy atom. The Morgan fingerprint density at radius 2 is 1.88 bits per heavy atom. The number of sulfonamides is 1. The van der Waals surface area contributed by atoms with E-state index >= 15 is 0 Å². The molecule has 0 aliphatic rings. The lowest BCUT2D eigenvalue weighted by Crippen LogP contribution is -2.16. The van der Waals surface area contributed by atoms with Crippen molar-refractivity contribution in [2.75, 3.05) is 0 Å². The van der Waals surface area contributed by atoms with Gasteiger partial charge in [0.25, 0.3) is 0 Å². The smallest absolute Gasteiger partial charge is 0.225 e. The summed E-state index contributed by atoms with van der Waals surface area (Å²) >= 11 is 0. The van der Waals surface area contributed by atoms with Crippen molar-refractivity contribution in [3.05, 3.63) is 29.8 Å². The molecule has 0 atom stereocenters. The van der Waals surface area contributed by atoms with Gasteiger partial charge in [-0.25, -0.2) is 13.6 Å². The molecule has 0 heterocycles. The molecule has 0 aliphatic carbocycles. The second-order valence-corrected chi connectivity index (χ2v) is 10.9. The lowest BCUT2D eigenvalue weighted by Gasteiger charge is -2.03.